The second-order valence-corrected chi connectivity index (χ2v) is 5.88. The molecule has 5 nitrogen and oxygen atoms in total. The second-order valence-electron chi connectivity index (χ2n) is 5.88. The van der Waals surface area contributed by atoms with E-state index in [4.69, 9.17) is 0 Å². The summed E-state index contributed by atoms with van der Waals surface area (Å²) in [7, 11) is 0. The van der Waals surface area contributed by atoms with Crippen LogP contribution < -0.4 is 5.32 Å². The third kappa shape index (κ3) is 2.44. The van der Waals surface area contributed by atoms with E-state index in [1.54, 1.807) is 4.90 Å². The van der Waals surface area contributed by atoms with E-state index < -0.39 is 6.04 Å². The van der Waals surface area contributed by atoms with Crippen molar-refractivity contribution in [1.29, 1.82) is 0 Å². The number of H-pyrrole nitrogens is 1. The van der Waals surface area contributed by atoms with Gasteiger partial charge >= 0.3 is 0 Å². The molecule has 0 saturated carbocycles. The van der Waals surface area contributed by atoms with Gasteiger partial charge < -0.3 is 15.2 Å². The molecule has 1 aromatic heterocycles. The van der Waals surface area contributed by atoms with Gasteiger partial charge in [-0.2, -0.15) is 0 Å². The van der Waals surface area contributed by atoms with Crippen LogP contribution in [0.15, 0.2) is 60.8 Å². The van der Waals surface area contributed by atoms with E-state index in [9.17, 15) is 9.59 Å². The molecule has 2 heterocycles. The van der Waals surface area contributed by atoms with Crippen molar-refractivity contribution in [3.8, 4) is 0 Å². The molecule has 2 amide bonds. The number of hydrogen-bond acceptors (Lipinski definition) is 2. The fraction of sp³-hybridized carbons (Fsp3) is 0.158. The SMILES string of the molecule is O=C1NCCN(C(=O)c2ccc3cc[nH]c3c2)[C@@H]1c1ccccc1. The lowest BCUT2D eigenvalue weighted by Crippen LogP contribution is -2.52. The van der Waals surface area contributed by atoms with E-state index in [-0.39, 0.29) is 11.8 Å². The first-order valence-electron chi connectivity index (χ1n) is 7.95. The molecule has 2 aromatic carbocycles. The first kappa shape index (κ1) is 14.5. The Labute approximate surface area is 139 Å². The van der Waals surface area contributed by atoms with Gasteiger partial charge in [-0.05, 0) is 29.1 Å². The minimum atomic E-state index is -0.591. The number of amides is 2. The number of nitrogens with one attached hydrogen (secondary N) is 2. The molecule has 24 heavy (non-hydrogen) atoms. The van der Waals surface area contributed by atoms with Crippen molar-refractivity contribution >= 4 is 22.7 Å². The molecular formula is C19H17N3O2. The second kappa shape index (κ2) is 5.85. The maximum Gasteiger partial charge on any atom is 0.254 e. The van der Waals surface area contributed by atoms with Crippen LogP contribution in [-0.4, -0.2) is 34.8 Å². The quantitative estimate of drug-likeness (QED) is 0.762. The lowest BCUT2D eigenvalue weighted by atomic mass is 10.0. The molecule has 1 fully saturated rings. The molecule has 1 aliphatic rings. The molecule has 1 aliphatic heterocycles. The van der Waals surface area contributed by atoms with Crippen LogP contribution in [0.3, 0.4) is 0 Å². The van der Waals surface area contributed by atoms with Crippen LogP contribution in [0, 0.1) is 0 Å². The molecule has 3 aromatic rings. The Balaban J connectivity index is 1.71. The first-order valence-corrected chi connectivity index (χ1v) is 7.95. The summed E-state index contributed by atoms with van der Waals surface area (Å²) in [5.74, 6) is -0.267. The van der Waals surface area contributed by atoms with Crippen molar-refractivity contribution in [2.24, 2.45) is 0 Å². The highest BCUT2D eigenvalue weighted by molar-refractivity contribution is 6.01. The van der Waals surface area contributed by atoms with Crippen LogP contribution >= 0.6 is 0 Å². The Morgan fingerprint density at radius 1 is 1.08 bits per heavy atom. The van der Waals surface area contributed by atoms with E-state index >= 15 is 0 Å². The Bertz CT molecular complexity index is 901. The zero-order valence-corrected chi connectivity index (χ0v) is 13.0. The minimum Gasteiger partial charge on any atom is -0.361 e. The van der Waals surface area contributed by atoms with Gasteiger partial charge in [-0.15, -0.1) is 0 Å². The largest absolute Gasteiger partial charge is 0.361 e. The zero-order chi connectivity index (χ0) is 16.5. The van der Waals surface area contributed by atoms with Gasteiger partial charge in [-0.25, -0.2) is 0 Å². The number of aromatic nitrogens is 1. The summed E-state index contributed by atoms with van der Waals surface area (Å²) in [5.41, 5.74) is 2.32. The average molecular weight is 319 g/mol. The fourth-order valence-corrected chi connectivity index (χ4v) is 3.20. The van der Waals surface area contributed by atoms with Crippen molar-refractivity contribution in [3.05, 3.63) is 71.9 Å². The first-order chi connectivity index (χ1) is 11.7. The molecule has 0 bridgehead atoms. The molecule has 1 saturated heterocycles. The fourth-order valence-electron chi connectivity index (χ4n) is 3.20. The third-order valence-electron chi connectivity index (χ3n) is 4.39. The normalized spacial score (nSPS) is 17.8. The highest BCUT2D eigenvalue weighted by atomic mass is 16.2. The van der Waals surface area contributed by atoms with E-state index in [0.29, 0.717) is 18.7 Å². The van der Waals surface area contributed by atoms with Gasteiger partial charge in [0.1, 0.15) is 6.04 Å². The maximum absolute atomic E-state index is 13.0. The summed E-state index contributed by atoms with van der Waals surface area (Å²) in [6, 6.07) is 16.4. The molecule has 1 atom stereocenters. The number of nitrogens with zero attached hydrogens (tertiary/aromatic N) is 1. The standard InChI is InChI=1S/C19H17N3O2/c23-18-17(14-4-2-1-3-5-14)22(11-10-21-18)19(24)15-7-6-13-8-9-20-16(13)12-15/h1-9,12,17,20H,10-11H2,(H,21,23)/t17-/m1/s1. The topological polar surface area (TPSA) is 65.2 Å². The van der Waals surface area contributed by atoms with Gasteiger partial charge in [0.15, 0.2) is 0 Å². The van der Waals surface area contributed by atoms with Crippen molar-refractivity contribution in [3.63, 3.8) is 0 Å². The summed E-state index contributed by atoms with van der Waals surface area (Å²) < 4.78 is 0. The number of carbonyl (C=O) groups excluding carboxylic acids is 2. The minimum absolute atomic E-state index is 0.129. The van der Waals surface area contributed by atoms with Gasteiger partial charge in [-0.1, -0.05) is 36.4 Å². The zero-order valence-electron chi connectivity index (χ0n) is 13.0. The molecule has 2 N–H and O–H groups in total. The van der Waals surface area contributed by atoms with Gasteiger partial charge in [0.2, 0.25) is 5.91 Å². The molecule has 0 radical (unpaired) electrons. The lowest BCUT2D eigenvalue weighted by Gasteiger charge is -2.35. The average Bonchev–Trinajstić information content (AvgIpc) is 3.09. The van der Waals surface area contributed by atoms with Gasteiger partial charge in [0, 0.05) is 30.4 Å². The van der Waals surface area contributed by atoms with Crippen LogP contribution in [0.2, 0.25) is 0 Å². The van der Waals surface area contributed by atoms with Crippen molar-refractivity contribution in [1.82, 2.24) is 15.2 Å². The predicted molar refractivity (Wildman–Crippen MR) is 91.5 cm³/mol. The molecule has 4 rings (SSSR count). The van der Waals surface area contributed by atoms with Crippen LogP contribution in [-0.2, 0) is 4.79 Å². The highest BCUT2D eigenvalue weighted by Gasteiger charge is 2.34. The monoisotopic (exact) mass is 319 g/mol. The molecule has 0 unspecified atom stereocenters. The smallest absolute Gasteiger partial charge is 0.254 e. The molecule has 120 valence electrons. The number of hydrogen-bond donors (Lipinski definition) is 2. The molecule has 0 aliphatic carbocycles. The van der Waals surface area contributed by atoms with Crippen LogP contribution in [0.25, 0.3) is 10.9 Å². The Morgan fingerprint density at radius 3 is 2.75 bits per heavy atom. The Hall–Kier alpha value is -3.08. The maximum atomic E-state index is 13.0. The van der Waals surface area contributed by atoms with Crippen LogP contribution in [0.4, 0.5) is 0 Å². The summed E-state index contributed by atoms with van der Waals surface area (Å²) in [4.78, 5) is 30.2. The van der Waals surface area contributed by atoms with Gasteiger partial charge in [0.05, 0.1) is 0 Å². The predicted octanol–water partition coefficient (Wildman–Crippen LogP) is 2.48. The number of rotatable bonds is 2. The number of benzene rings is 2. The molecular weight excluding hydrogens is 302 g/mol. The van der Waals surface area contributed by atoms with E-state index in [1.165, 1.54) is 0 Å². The van der Waals surface area contributed by atoms with E-state index in [1.807, 2.05) is 60.8 Å². The lowest BCUT2D eigenvalue weighted by molar-refractivity contribution is -0.128. The number of carbonyl (C=O) groups is 2. The summed E-state index contributed by atoms with van der Waals surface area (Å²) >= 11 is 0. The summed E-state index contributed by atoms with van der Waals surface area (Å²) in [5, 5.41) is 3.91. The molecule has 0 spiro atoms. The Morgan fingerprint density at radius 2 is 1.92 bits per heavy atom. The summed E-state index contributed by atoms with van der Waals surface area (Å²) in [6.07, 6.45) is 1.85. The van der Waals surface area contributed by atoms with E-state index in [2.05, 4.69) is 10.3 Å². The van der Waals surface area contributed by atoms with Crippen molar-refractivity contribution in [2.45, 2.75) is 6.04 Å². The van der Waals surface area contributed by atoms with E-state index in [0.717, 1.165) is 16.5 Å². The number of piperazine rings is 1. The number of aromatic amines is 1. The summed E-state index contributed by atoms with van der Waals surface area (Å²) in [6.45, 7) is 0.964. The molecule has 5 heteroatoms. The van der Waals surface area contributed by atoms with Crippen molar-refractivity contribution < 1.29 is 9.59 Å². The number of fused-ring (bicyclic) bond motifs is 1. The third-order valence-corrected chi connectivity index (χ3v) is 4.39. The van der Waals surface area contributed by atoms with Gasteiger partial charge in [-0.3, -0.25) is 9.59 Å². The van der Waals surface area contributed by atoms with Gasteiger partial charge in [0.25, 0.3) is 5.91 Å². The van der Waals surface area contributed by atoms with Crippen LogP contribution in [0.1, 0.15) is 22.0 Å². The Kier molecular flexibility index (Phi) is 3.54. The highest BCUT2D eigenvalue weighted by Crippen LogP contribution is 2.26. The van der Waals surface area contributed by atoms with Crippen LogP contribution in [0.5, 0.6) is 0 Å². The van der Waals surface area contributed by atoms with Crippen molar-refractivity contribution in [2.75, 3.05) is 13.1 Å².